The van der Waals surface area contributed by atoms with E-state index < -0.39 is 9.84 Å². The van der Waals surface area contributed by atoms with Gasteiger partial charge in [-0.2, -0.15) is 0 Å². The van der Waals surface area contributed by atoms with Crippen molar-refractivity contribution < 1.29 is 8.42 Å². The highest BCUT2D eigenvalue weighted by atomic mass is 79.9. The van der Waals surface area contributed by atoms with E-state index >= 15 is 0 Å². The first kappa shape index (κ1) is 16.7. The number of rotatable bonds is 8. The topological polar surface area (TPSA) is 46.2 Å². The van der Waals surface area contributed by atoms with Gasteiger partial charge in [0, 0.05) is 10.5 Å². The van der Waals surface area contributed by atoms with Crippen LogP contribution < -0.4 is 5.32 Å². The molecule has 0 aliphatic carbocycles. The number of nitrogens with one attached hydrogen (secondary N) is 1. The third-order valence-electron chi connectivity index (χ3n) is 2.90. The van der Waals surface area contributed by atoms with E-state index in [1.165, 1.54) is 0 Å². The predicted molar refractivity (Wildman–Crippen MR) is 83.2 cm³/mol. The standard InChI is InChI=1S/C14H22BrNO2S/c1-3-6-13(16-9-4-2)11-19(17,18)14-8-5-7-12(15)10-14/h5,7-8,10,13,16H,3-4,6,9,11H2,1-2H3. The molecule has 19 heavy (non-hydrogen) atoms. The van der Waals surface area contributed by atoms with Crippen LogP contribution in [0.25, 0.3) is 0 Å². The number of hydrogen-bond donors (Lipinski definition) is 1. The van der Waals surface area contributed by atoms with Crippen LogP contribution >= 0.6 is 15.9 Å². The second-order valence-corrected chi connectivity index (χ2v) is 7.63. The van der Waals surface area contributed by atoms with Gasteiger partial charge in [0.05, 0.1) is 10.6 Å². The fraction of sp³-hybridized carbons (Fsp3) is 0.571. The van der Waals surface area contributed by atoms with Crippen molar-refractivity contribution in [3.8, 4) is 0 Å². The van der Waals surface area contributed by atoms with Gasteiger partial charge in [-0.15, -0.1) is 0 Å². The summed E-state index contributed by atoms with van der Waals surface area (Å²) in [5, 5.41) is 3.32. The lowest BCUT2D eigenvalue weighted by Crippen LogP contribution is -2.36. The molecule has 0 aromatic heterocycles. The van der Waals surface area contributed by atoms with Crippen molar-refractivity contribution in [2.75, 3.05) is 12.3 Å². The maximum atomic E-state index is 12.4. The van der Waals surface area contributed by atoms with Crippen molar-refractivity contribution in [1.82, 2.24) is 5.32 Å². The van der Waals surface area contributed by atoms with Crippen molar-refractivity contribution in [1.29, 1.82) is 0 Å². The van der Waals surface area contributed by atoms with Crippen LogP contribution in [-0.4, -0.2) is 26.8 Å². The van der Waals surface area contributed by atoms with Gasteiger partial charge in [0.1, 0.15) is 0 Å². The molecule has 0 fully saturated rings. The Morgan fingerprint density at radius 2 is 2.00 bits per heavy atom. The van der Waals surface area contributed by atoms with Crippen LogP contribution in [0.2, 0.25) is 0 Å². The maximum absolute atomic E-state index is 12.4. The Bertz CT molecular complexity index is 488. The molecule has 108 valence electrons. The third kappa shape index (κ3) is 5.63. The Hall–Kier alpha value is -0.390. The van der Waals surface area contributed by atoms with Crippen molar-refractivity contribution >= 4 is 25.8 Å². The highest BCUT2D eigenvalue weighted by molar-refractivity contribution is 9.10. The van der Waals surface area contributed by atoms with Crippen molar-refractivity contribution in [3.05, 3.63) is 28.7 Å². The molecule has 1 rings (SSSR count). The molecular formula is C14H22BrNO2S. The molecule has 1 unspecified atom stereocenters. The molecule has 1 aromatic carbocycles. The van der Waals surface area contributed by atoms with Gasteiger partial charge in [-0.05, 0) is 37.6 Å². The zero-order valence-electron chi connectivity index (χ0n) is 11.5. The molecule has 0 bridgehead atoms. The van der Waals surface area contributed by atoms with Crippen LogP contribution in [0.5, 0.6) is 0 Å². The minimum atomic E-state index is -3.23. The van der Waals surface area contributed by atoms with Gasteiger partial charge in [0.15, 0.2) is 9.84 Å². The van der Waals surface area contributed by atoms with Gasteiger partial charge in [-0.25, -0.2) is 8.42 Å². The summed E-state index contributed by atoms with van der Waals surface area (Å²) in [6.45, 7) is 5.02. The average molecular weight is 348 g/mol. The Kier molecular flexibility index (Phi) is 7.04. The lowest BCUT2D eigenvalue weighted by Gasteiger charge is -2.18. The largest absolute Gasteiger partial charge is 0.313 e. The lowest BCUT2D eigenvalue weighted by molar-refractivity contribution is 0.500. The second-order valence-electron chi connectivity index (χ2n) is 4.68. The SMILES string of the molecule is CCCNC(CCC)CS(=O)(=O)c1cccc(Br)c1. The average Bonchev–Trinajstić information content (AvgIpc) is 2.36. The number of halogens is 1. The van der Waals surface area contributed by atoms with E-state index in [0.29, 0.717) is 4.90 Å². The summed E-state index contributed by atoms with van der Waals surface area (Å²) in [4.78, 5) is 0.390. The first-order chi connectivity index (χ1) is 8.99. The van der Waals surface area contributed by atoms with E-state index in [2.05, 4.69) is 35.1 Å². The molecule has 1 N–H and O–H groups in total. The molecule has 0 aliphatic heterocycles. The van der Waals surface area contributed by atoms with Crippen LogP contribution in [0.1, 0.15) is 33.1 Å². The first-order valence-electron chi connectivity index (χ1n) is 6.71. The van der Waals surface area contributed by atoms with Gasteiger partial charge in [0.25, 0.3) is 0 Å². The smallest absolute Gasteiger partial charge is 0.179 e. The van der Waals surface area contributed by atoms with E-state index in [9.17, 15) is 8.42 Å². The zero-order chi connectivity index (χ0) is 14.3. The monoisotopic (exact) mass is 347 g/mol. The Morgan fingerprint density at radius 3 is 2.58 bits per heavy atom. The van der Waals surface area contributed by atoms with Gasteiger partial charge in [0.2, 0.25) is 0 Å². The normalized spacial score (nSPS) is 13.4. The minimum Gasteiger partial charge on any atom is -0.313 e. The summed E-state index contributed by atoms with van der Waals surface area (Å²) >= 11 is 3.31. The van der Waals surface area contributed by atoms with Crippen LogP contribution in [-0.2, 0) is 9.84 Å². The summed E-state index contributed by atoms with van der Waals surface area (Å²) in [6, 6.07) is 6.94. The molecule has 0 saturated heterocycles. The van der Waals surface area contributed by atoms with E-state index in [-0.39, 0.29) is 11.8 Å². The van der Waals surface area contributed by atoms with Crippen molar-refractivity contribution in [2.45, 2.75) is 44.0 Å². The number of hydrogen-bond acceptors (Lipinski definition) is 3. The molecule has 0 amide bonds. The summed E-state index contributed by atoms with van der Waals surface area (Å²) in [5.74, 6) is 0.164. The van der Waals surface area contributed by atoms with Gasteiger partial charge < -0.3 is 5.32 Å². The lowest BCUT2D eigenvalue weighted by atomic mass is 10.2. The van der Waals surface area contributed by atoms with Gasteiger partial charge >= 0.3 is 0 Å². The molecule has 0 spiro atoms. The second kappa shape index (κ2) is 8.02. The first-order valence-corrected chi connectivity index (χ1v) is 9.15. The quantitative estimate of drug-likeness (QED) is 0.783. The van der Waals surface area contributed by atoms with E-state index in [4.69, 9.17) is 0 Å². The van der Waals surface area contributed by atoms with Crippen molar-refractivity contribution in [3.63, 3.8) is 0 Å². The van der Waals surface area contributed by atoms with Crippen molar-refractivity contribution in [2.24, 2.45) is 0 Å². The van der Waals surface area contributed by atoms with Crippen LogP contribution in [0.3, 0.4) is 0 Å². The summed E-state index contributed by atoms with van der Waals surface area (Å²) in [6.07, 6.45) is 2.87. The summed E-state index contributed by atoms with van der Waals surface area (Å²) < 4.78 is 25.5. The molecular weight excluding hydrogens is 326 g/mol. The Morgan fingerprint density at radius 1 is 1.26 bits per heavy atom. The van der Waals surface area contributed by atoms with Crippen LogP contribution in [0.4, 0.5) is 0 Å². The van der Waals surface area contributed by atoms with Gasteiger partial charge in [-0.3, -0.25) is 0 Å². The third-order valence-corrected chi connectivity index (χ3v) is 5.20. The van der Waals surface area contributed by atoms with E-state index in [0.717, 1.165) is 30.3 Å². The fourth-order valence-electron chi connectivity index (χ4n) is 1.96. The molecule has 3 nitrogen and oxygen atoms in total. The van der Waals surface area contributed by atoms with E-state index in [1.54, 1.807) is 18.2 Å². The molecule has 1 aromatic rings. The Balaban J connectivity index is 2.81. The predicted octanol–water partition coefficient (Wildman–Crippen LogP) is 3.39. The molecule has 0 aliphatic rings. The highest BCUT2D eigenvalue weighted by Crippen LogP contribution is 2.18. The number of benzene rings is 1. The van der Waals surface area contributed by atoms with Crippen LogP contribution in [0.15, 0.2) is 33.6 Å². The number of sulfone groups is 1. The zero-order valence-corrected chi connectivity index (χ0v) is 13.9. The maximum Gasteiger partial charge on any atom is 0.179 e. The van der Waals surface area contributed by atoms with Gasteiger partial charge in [-0.1, -0.05) is 42.3 Å². The summed E-state index contributed by atoms with van der Waals surface area (Å²) in [5.41, 5.74) is 0. The molecule has 1 atom stereocenters. The Labute approximate surface area is 124 Å². The molecule has 5 heteroatoms. The highest BCUT2D eigenvalue weighted by Gasteiger charge is 2.20. The molecule has 0 saturated carbocycles. The fourth-order valence-corrected chi connectivity index (χ4v) is 4.11. The molecule has 0 radical (unpaired) electrons. The van der Waals surface area contributed by atoms with E-state index in [1.807, 2.05) is 6.07 Å². The van der Waals surface area contributed by atoms with Crippen LogP contribution in [0, 0.1) is 0 Å². The molecule has 0 heterocycles. The minimum absolute atomic E-state index is 0.0360. The summed E-state index contributed by atoms with van der Waals surface area (Å²) in [7, 11) is -3.23.